The Morgan fingerprint density at radius 1 is 1.27 bits per heavy atom. The largest absolute Gasteiger partial charge is 0.376 e. The van der Waals surface area contributed by atoms with E-state index in [9.17, 15) is 0 Å². The van der Waals surface area contributed by atoms with Gasteiger partial charge in [0.1, 0.15) is 0 Å². The smallest absolute Gasteiger partial charge is 0.0598 e. The van der Waals surface area contributed by atoms with E-state index in [0.717, 1.165) is 12.6 Å². The van der Waals surface area contributed by atoms with Crippen molar-refractivity contribution in [2.24, 2.45) is 0 Å². The lowest BCUT2D eigenvalue weighted by atomic mass is 10.0. The topological polar surface area (TPSA) is 12.5 Å². The standard InChI is InChI=1S/C13H27NO/c1-12-8-5-6-9-14(12)10-7-11-15-13(2,3)4/h12H,5-11H2,1-4H3/t12-/m1/s1. The summed E-state index contributed by atoms with van der Waals surface area (Å²) < 4.78 is 5.73. The average Bonchev–Trinajstić information content (AvgIpc) is 2.13. The fraction of sp³-hybridized carbons (Fsp3) is 1.00. The van der Waals surface area contributed by atoms with Crippen LogP contribution in [0.1, 0.15) is 53.4 Å². The van der Waals surface area contributed by atoms with Gasteiger partial charge in [0.2, 0.25) is 0 Å². The zero-order valence-electron chi connectivity index (χ0n) is 10.9. The van der Waals surface area contributed by atoms with Crippen molar-refractivity contribution in [2.75, 3.05) is 19.7 Å². The highest BCUT2D eigenvalue weighted by molar-refractivity contribution is 4.72. The number of likely N-dealkylation sites (tertiary alicyclic amines) is 1. The van der Waals surface area contributed by atoms with Crippen LogP contribution in [0.25, 0.3) is 0 Å². The minimum atomic E-state index is 0.0213. The average molecular weight is 213 g/mol. The Morgan fingerprint density at radius 2 is 2.00 bits per heavy atom. The summed E-state index contributed by atoms with van der Waals surface area (Å²) in [6, 6.07) is 0.786. The molecule has 0 radical (unpaired) electrons. The molecule has 0 saturated carbocycles. The maximum atomic E-state index is 5.73. The molecule has 0 spiro atoms. The molecular formula is C13H27NO. The second-order valence-corrected chi connectivity index (χ2v) is 5.70. The molecule has 1 heterocycles. The quantitative estimate of drug-likeness (QED) is 0.665. The SMILES string of the molecule is C[C@@H]1CCCCN1CCCOC(C)(C)C. The first kappa shape index (κ1) is 13.0. The van der Waals surface area contributed by atoms with Crippen molar-refractivity contribution in [1.29, 1.82) is 0 Å². The van der Waals surface area contributed by atoms with Gasteiger partial charge in [-0.05, 0) is 53.5 Å². The lowest BCUT2D eigenvalue weighted by molar-refractivity contribution is -0.00890. The summed E-state index contributed by atoms with van der Waals surface area (Å²) in [5.74, 6) is 0. The Balaban J connectivity index is 2.08. The van der Waals surface area contributed by atoms with E-state index >= 15 is 0 Å². The second kappa shape index (κ2) is 5.86. The molecule has 0 unspecified atom stereocenters. The van der Waals surface area contributed by atoms with Crippen molar-refractivity contribution in [1.82, 2.24) is 4.90 Å². The molecule has 0 aromatic carbocycles. The van der Waals surface area contributed by atoms with Gasteiger partial charge in [-0.15, -0.1) is 0 Å². The van der Waals surface area contributed by atoms with E-state index in [4.69, 9.17) is 4.74 Å². The Kier molecular flexibility index (Phi) is 5.07. The summed E-state index contributed by atoms with van der Waals surface area (Å²) in [5.41, 5.74) is 0.0213. The number of nitrogens with zero attached hydrogens (tertiary/aromatic N) is 1. The maximum absolute atomic E-state index is 5.73. The van der Waals surface area contributed by atoms with Crippen LogP contribution in [0.15, 0.2) is 0 Å². The summed E-state index contributed by atoms with van der Waals surface area (Å²) in [5, 5.41) is 0. The molecule has 1 saturated heterocycles. The van der Waals surface area contributed by atoms with Gasteiger partial charge in [-0.3, -0.25) is 0 Å². The van der Waals surface area contributed by atoms with Gasteiger partial charge >= 0.3 is 0 Å². The molecule has 0 amide bonds. The van der Waals surface area contributed by atoms with E-state index in [1.54, 1.807) is 0 Å². The first-order valence-corrected chi connectivity index (χ1v) is 6.37. The van der Waals surface area contributed by atoms with Gasteiger partial charge in [0, 0.05) is 19.2 Å². The predicted molar refractivity (Wildman–Crippen MR) is 65.2 cm³/mol. The molecule has 1 atom stereocenters. The van der Waals surface area contributed by atoms with Gasteiger partial charge in [0.05, 0.1) is 5.60 Å². The Morgan fingerprint density at radius 3 is 2.60 bits per heavy atom. The summed E-state index contributed by atoms with van der Waals surface area (Å²) in [6.07, 6.45) is 5.34. The van der Waals surface area contributed by atoms with Crippen LogP contribution in [0.2, 0.25) is 0 Å². The van der Waals surface area contributed by atoms with Crippen molar-refractivity contribution in [2.45, 2.75) is 65.0 Å². The molecule has 15 heavy (non-hydrogen) atoms. The van der Waals surface area contributed by atoms with Gasteiger partial charge in [0.25, 0.3) is 0 Å². The van der Waals surface area contributed by atoms with E-state index in [1.165, 1.54) is 38.8 Å². The highest BCUT2D eigenvalue weighted by atomic mass is 16.5. The van der Waals surface area contributed by atoms with Gasteiger partial charge < -0.3 is 9.64 Å². The minimum Gasteiger partial charge on any atom is -0.376 e. The summed E-state index contributed by atoms with van der Waals surface area (Å²) in [4.78, 5) is 2.61. The van der Waals surface area contributed by atoms with E-state index in [2.05, 4.69) is 32.6 Å². The molecule has 0 aliphatic carbocycles. The second-order valence-electron chi connectivity index (χ2n) is 5.70. The summed E-state index contributed by atoms with van der Waals surface area (Å²) >= 11 is 0. The molecule has 1 aliphatic heterocycles. The molecule has 0 N–H and O–H groups in total. The Labute approximate surface area is 95.0 Å². The molecule has 2 heteroatoms. The molecule has 0 aromatic heterocycles. The van der Waals surface area contributed by atoms with Crippen LogP contribution in [0.4, 0.5) is 0 Å². The van der Waals surface area contributed by atoms with Crippen LogP contribution in [-0.2, 0) is 4.74 Å². The molecule has 0 aromatic rings. The molecule has 1 rings (SSSR count). The third kappa shape index (κ3) is 5.53. The van der Waals surface area contributed by atoms with E-state index < -0.39 is 0 Å². The lowest BCUT2D eigenvalue weighted by Gasteiger charge is -2.33. The van der Waals surface area contributed by atoms with E-state index in [-0.39, 0.29) is 5.60 Å². The van der Waals surface area contributed by atoms with Crippen LogP contribution >= 0.6 is 0 Å². The normalized spacial score (nSPS) is 24.4. The molecule has 2 nitrogen and oxygen atoms in total. The zero-order valence-corrected chi connectivity index (χ0v) is 10.9. The number of hydrogen-bond donors (Lipinski definition) is 0. The maximum Gasteiger partial charge on any atom is 0.0598 e. The Hall–Kier alpha value is -0.0800. The molecule has 1 fully saturated rings. The highest BCUT2D eigenvalue weighted by Crippen LogP contribution is 2.16. The Bertz CT molecular complexity index is 174. The fourth-order valence-electron chi connectivity index (χ4n) is 2.14. The summed E-state index contributed by atoms with van der Waals surface area (Å²) in [7, 11) is 0. The van der Waals surface area contributed by atoms with Gasteiger partial charge in [-0.1, -0.05) is 6.42 Å². The highest BCUT2D eigenvalue weighted by Gasteiger charge is 2.17. The predicted octanol–water partition coefficient (Wildman–Crippen LogP) is 3.07. The van der Waals surface area contributed by atoms with Crippen LogP contribution in [-0.4, -0.2) is 36.2 Å². The van der Waals surface area contributed by atoms with Gasteiger partial charge in [-0.2, -0.15) is 0 Å². The third-order valence-corrected chi connectivity index (χ3v) is 3.07. The third-order valence-electron chi connectivity index (χ3n) is 3.07. The number of ether oxygens (including phenoxy) is 1. The van der Waals surface area contributed by atoms with Crippen molar-refractivity contribution in [3.05, 3.63) is 0 Å². The van der Waals surface area contributed by atoms with E-state index in [0.29, 0.717) is 0 Å². The van der Waals surface area contributed by atoms with Crippen molar-refractivity contribution in [3.8, 4) is 0 Å². The van der Waals surface area contributed by atoms with Crippen molar-refractivity contribution >= 4 is 0 Å². The van der Waals surface area contributed by atoms with Crippen LogP contribution in [0, 0.1) is 0 Å². The number of rotatable bonds is 4. The number of piperidine rings is 1. The molecule has 90 valence electrons. The minimum absolute atomic E-state index is 0.0213. The van der Waals surface area contributed by atoms with Crippen LogP contribution < -0.4 is 0 Å². The monoisotopic (exact) mass is 213 g/mol. The summed E-state index contributed by atoms with van der Waals surface area (Å²) in [6.45, 7) is 12.1. The first-order chi connectivity index (χ1) is 6.99. The molecule has 0 bridgehead atoms. The molecule has 1 aliphatic rings. The molecular weight excluding hydrogens is 186 g/mol. The van der Waals surface area contributed by atoms with E-state index in [1.807, 2.05) is 0 Å². The van der Waals surface area contributed by atoms with Crippen LogP contribution in [0.3, 0.4) is 0 Å². The fourth-order valence-corrected chi connectivity index (χ4v) is 2.14. The first-order valence-electron chi connectivity index (χ1n) is 6.37. The van der Waals surface area contributed by atoms with Crippen molar-refractivity contribution in [3.63, 3.8) is 0 Å². The van der Waals surface area contributed by atoms with Crippen LogP contribution in [0.5, 0.6) is 0 Å². The lowest BCUT2D eigenvalue weighted by Crippen LogP contribution is -2.38. The number of hydrogen-bond acceptors (Lipinski definition) is 2. The zero-order chi connectivity index (χ0) is 11.3. The van der Waals surface area contributed by atoms with Crippen molar-refractivity contribution < 1.29 is 4.74 Å². The van der Waals surface area contributed by atoms with Gasteiger partial charge in [0.15, 0.2) is 0 Å². The van der Waals surface area contributed by atoms with Gasteiger partial charge in [-0.25, -0.2) is 0 Å².